The first kappa shape index (κ1) is 16.3. The molecule has 3 heteroatoms. The molecular formula is C18H29NO2. The van der Waals surface area contributed by atoms with Crippen LogP contribution in [0.1, 0.15) is 57.4 Å². The summed E-state index contributed by atoms with van der Waals surface area (Å²) in [4.78, 5) is 0. The quantitative estimate of drug-likeness (QED) is 0.843. The first-order chi connectivity index (χ1) is 10.2. The molecule has 21 heavy (non-hydrogen) atoms. The zero-order chi connectivity index (χ0) is 15.3. The van der Waals surface area contributed by atoms with E-state index < -0.39 is 5.60 Å². The Bertz CT molecular complexity index is 425. The second-order valence-corrected chi connectivity index (χ2v) is 6.08. The van der Waals surface area contributed by atoms with Gasteiger partial charge in [-0.25, -0.2) is 0 Å². The summed E-state index contributed by atoms with van der Waals surface area (Å²) in [6, 6.07) is 8.36. The van der Waals surface area contributed by atoms with E-state index in [4.69, 9.17) is 4.74 Å². The third-order valence-electron chi connectivity index (χ3n) is 5.01. The Hall–Kier alpha value is -1.06. The summed E-state index contributed by atoms with van der Waals surface area (Å²) in [7, 11) is 1.68. The van der Waals surface area contributed by atoms with Crippen LogP contribution < -0.4 is 10.1 Å². The van der Waals surface area contributed by atoms with Gasteiger partial charge in [0.1, 0.15) is 5.75 Å². The summed E-state index contributed by atoms with van der Waals surface area (Å²) in [6.45, 7) is 5.28. The number of methoxy groups -OCH3 is 1. The van der Waals surface area contributed by atoms with Crippen LogP contribution in [0.5, 0.6) is 5.75 Å². The number of nitrogens with one attached hydrogen (secondary N) is 1. The standard InChI is InChI=1S/C18H29NO2/c1-4-16(14-9-11-15(21-3)12-10-14)18(20,5-2)17-8-6-7-13-19-17/h9-12,16-17,19-20H,4-8,13H2,1-3H3/t16-,17-,18+/m1/s1. The van der Waals surface area contributed by atoms with Crippen molar-refractivity contribution in [1.29, 1.82) is 0 Å². The van der Waals surface area contributed by atoms with Gasteiger partial charge in [-0.05, 0) is 49.9 Å². The molecule has 0 bridgehead atoms. The van der Waals surface area contributed by atoms with Gasteiger partial charge in [-0.1, -0.05) is 32.4 Å². The van der Waals surface area contributed by atoms with Gasteiger partial charge >= 0.3 is 0 Å². The SMILES string of the molecule is CC[C@H](c1ccc(OC)cc1)[C@@](O)(CC)[C@H]1CCCCN1. The fraction of sp³-hybridized carbons (Fsp3) is 0.667. The molecule has 0 saturated carbocycles. The van der Waals surface area contributed by atoms with Crippen molar-refractivity contribution >= 4 is 0 Å². The smallest absolute Gasteiger partial charge is 0.118 e. The van der Waals surface area contributed by atoms with Gasteiger partial charge in [0.05, 0.1) is 12.7 Å². The third kappa shape index (κ3) is 3.41. The molecule has 1 aromatic rings. The molecule has 0 unspecified atom stereocenters. The molecule has 1 aromatic carbocycles. The fourth-order valence-electron chi connectivity index (χ4n) is 3.73. The van der Waals surface area contributed by atoms with Gasteiger partial charge < -0.3 is 15.2 Å². The first-order valence-electron chi connectivity index (χ1n) is 8.25. The Morgan fingerprint density at radius 3 is 2.48 bits per heavy atom. The monoisotopic (exact) mass is 291 g/mol. The summed E-state index contributed by atoms with van der Waals surface area (Å²) in [5, 5.41) is 14.9. The van der Waals surface area contributed by atoms with Crippen LogP contribution in [0, 0.1) is 0 Å². The van der Waals surface area contributed by atoms with Crippen molar-refractivity contribution < 1.29 is 9.84 Å². The highest BCUT2D eigenvalue weighted by Gasteiger charge is 2.42. The molecule has 0 radical (unpaired) electrons. The fourth-order valence-corrected chi connectivity index (χ4v) is 3.73. The normalized spacial score (nSPS) is 23.3. The molecule has 0 aliphatic carbocycles. The average molecular weight is 291 g/mol. The summed E-state index contributed by atoms with van der Waals surface area (Å²) in [5.74, 6) is 1.02. The second-order valence-electron chi connectivity index (χ2n) is 6.08. The molecule has 3 atom stereocenters. The maximum Gasteiger partial charge on any atom is 0.118 e. The molecule has 1 saturated heterocycles. The van der Waals surface area contributed by atoms with Crippen LogP contribution in [0.15, 0.2) is 24.3 Å². The molecule has 2 rings (SSSR count). The number of ether oxygens (including phenoxy) is 1. The summed E-state index contributed by atoms with van der Waals surface area (Å²) >= 11 is 0. The van der Waals surface area contributed by atoms with Gasteiger partial charge in [0, 0.05) is 12.0 Å². The molecule has 1 aliphatic rings. The third-order valence-corrected chi connectivity index (χ3v) is 5.01. The molecule has 118 valence electrons. The van der Waals surface area contributed by atoms with E-state index in [0.717, 1.165) is 31.6 Å². The molecule has 1 aliphatic heterocycles. The van der Waals surface area contributed by atoms with Gasteiger partial charge in [0.2, 0.25) is 0 Å². The van der Waals surface area contributed by atoms with E-state index in [9.17, 15) is 5.11 Å². The number of hydrogen-bond acceptors (Lipinski definition) is 3. The maximum atomic E-state index is 11.4. The number of piperidine rings is 1. The van der Waals surface area contributed by atoms with E-state index >= 15 is 0 Å². The zero-order valence-electron chi connectivity index (χ0n) is 13.6. The topological polar surface area (TPSA) is 41.5 Å². The largest absolute Gasteiger partial charge is 0.497 e. The molecular weight excluding hydrogens is 262 g/mol. The van der Waals surface area contributed by atoms with Gasteiger partial charge in [-0.3, -0.25) is 0 Å². The van der Waals surface area contributed by atoms with E-state index in [1.165, 1.54) is 18.4 Å². The van der Waals surface area contributed by atoms with E-state index in [0.29, 0.717) is 0 Å². The summed E-state index contributed by atoms with van der Waals surface area (Å²) in [6.07, 6.45) is 5.20. The van der Waals surface area contributed by atoms with E-state index in [1.54, 1.807) is 7.11 Å². The Morgan fingerprint density at radius 2 is 2.00 bits per heavy atom. The van der Waals surface area contributed by atoms with Gasteiger partial charge in [0.15, 0.2) is 0 Å². The molecule has 0 aromatic heterocycles. The van der Waals surface area contributed by atoms with Gasteiger partial charge in [-0.2, -0.15) is 0 Å². The predicted molar refractivity (Wildman–Crippen MR) is 86.9 cm³/mol. The zero-order valence-corrected chi connectivity index (χ0v) is 13.6. The molecule has 0 spiro atoms. The molecule has 1 heterocycles. The first-order valence-corrected chi connectivity index (χ1v) is 8.25. The lowest BCUT2D eigenvalue weighted by molar-refractivity contribution is -0.0363. The number of hydrogen-bond donors (Lipinski definition) is 2. The number of benzene rings is 1. The van der Waals surface area contributed by atoms with Crippen LogP contribution >= 0.6 is 0 Å². The Morgan fingerprint density at radius 1 is 1.29 bits per heavy atom. The minimum atomic E-state index is -0.677. The maximum absolute atomic E-state index is 11.4. The highest BCUT2D eigenvalue weighted by Crippen LogP contribution is 2.39. The lowest BCUT2D eigenvalue weighted by Crippen LogP contribution is -2.55. The van der Waals surface area contributed by atoms with Crippen molar-refractivity contribution in [3.63, 3.8) is 0 Å². The van der Waals surface area contributed by atoms with Crippen molar-refractivity contribution in [3.8, 4) is 5.75 Å². The van der Waals surface area contributed by atoms with Gasteiger partial charge in [0.25, 0.3) is 0 Å². The molecule has 3 nitrogen and oxygen atoms in total. The molecule has 1 fully saturated rings. The second kappa shape index (κ2) is 7.28. The number of rotatable bonds is 6. The minimum absolute atomic E-state index is 0.156. The van der Waals surface area contributed by atoms with Gasteiger partial charge in [-0.15, -0.1) is 0 Å². The van der Waals surface area contributed by atoms with E-state index in [2.05, 4.69) is 31.3 Å². The Kier molecular flexibility index (Phi) is 5.65. The van der Waals surface area contributed by atoms with Crippen LogP contribution in [-0.4, -0.2) is 30.4 Å². The molecule has 2 N–H and O–H groups in total. The summed E-state index contributed by atoms with van der Waals surface area (Å²) < 4.78 is 5.24. The van der Waals surface area contributed by atoms with Crippen molar-refractivity contribution in [2.75, 3.05) is 13.7 Å². The predicted octanol–water partition coefficient (Wildman–Crippen LogP) is 3.47. The van der Waals surface area contributed by atoms with Crippen LogP contribution in [0.3, 0.4) is 0 Å². The highest BCUT2D eigenvalue weighted by atomic mass is 16.5. The van der Waals surface area contributed by atoms with Crippen molar-refractivity contribution in [2.45, 2.75) is 63.5 Å². The van der Waals surface area contributed by atoms with Crippen LogP contribution in [-0.2, 0) is 0 Å². The average Bonchev–Trinajstić information content (AvgIpc) is 2.56. The lowest BCUT2D eigenvalue weighted by Gasteiger charge is -2.44. The van der Waals surface area contributed by atoms with Crippen molar-refractivity contribution in [3.05, 3.63) is 29.8 Å². The lowest BCUT2D eigenvalue weighted by atomic mass is 9.72. The van der Waals surface area contributed by atoms with E-state index in [-0.39, 0.29) is 12.0 Å². The van der Waals surface area contributed by atoms with Crippen LogP contribution in [0.2, 0.25) is 0 Å². The highest BCUT2D eigenvalue weighted by molar-refractivity contribution is 5.31. The van der Waals surface area contributed by atoms with Crippen molar-refractivity contribution in [1.82, 2.24) is 5.32 Å². The molecule has 0 amide bonds. The minimum Gasteiger partial charge on any atom is -0.497 e. The van der Waals surface area contributed by atoms with Crippen LogP contribution in [0.4, 0.5) is 0 Å². The van der Waals surface area contributed by atoms with Crippen LogP contribution in [0.25, 0.3) is 0 Å². The summed E-state index contributed by atoms with van der Waals surface area (Å²) in [5.41, 5.74) is 0.527. The van der Waals surface area contributed by atoms with Crippen molar-refractivity contribution in [2.24, 2.45) is 0 Å². The number of aliphatic hydroxyl groups is 1. The van der Waals surface area contributed by atoms with E-state index in [1.807, 2.05) is 12.1 Å². The Labute approximate surface area is 128 Å². The Balaban J connectivity index is 2.26.